The van der Waals surface area contributed by atoms with Gasteiger partial charge in [0.15, 0.2) is 0 Å². The number of carbonyl (C=O) groups excluding carboxylic acids is 2. The number of anilines is 2. The van der Waals surface area contributed by atoms with Crippen LogP contribution in [0.1, 0.15) is 6.42 Å². The van der Waals surface area contributed by atoms with Crippen molar-refractivity contribution in [2.45, 2.75) is 6.42 Å². The van der Waals surface area contributed by atoms with Crippen LogP contribution in [-0.2, 0) is 9.59 Å². The Morgan fingerprint density at radius 3 is 2.39 bits per heavy atom. The lowest BCUT2D eigenvalue weighted by molar-refractivity contribution is -0.123. The van der Waals surface area contributed by atoms with E-state index in [1.54, 1.807) is 24.4 Å². The Morgan fingerprint density at radius 2 is 1.57 bits per heavy atom. The quantitative estimate of drug-likeness (QED) is 0.727. The molecule has 0 saturated carbocycles. The molecule has 0 radical (unpaired) electrons. The van der Waals surface area contributed by atoms with Gasteiger partial charge in [0.25, 0.3) is 0 Å². The first kappa shape index (κ1) is 14.7. The summed E-state index contributed by atoms with van der Waals surface area (Å²) in [7, 11) is 0. The molecule has 23 heavy (non-hydrogen) atoms. The summed E-state index contributed by atoms with van der Waals surface area (Å²) in [6.45, 7) is 0. The Labute approximate surface area is 133 Å². The van der Waals surface area contributed by atoms with Gasteiger partial charge in [-0.05, 0) is 24.3 Å². The highest BCUT2D eigenvalue weighted by atomic mass is 16.2. The highest BCUT2D eigenvalue weighted by Gasteiger charge is 2.11. The van der Waals surface area contributed by atoms with Crippen LogP contribution in [0.15, 0.2) is 66.9 Å². The molecular weight excluding hydrogens is 290 g/mol. The maximum atomic E-state index is 12.1. The second-order valence-corrected chi connectivity index (χ2v) is 5.02. The van der Waals surface area contributed by atoms with Crippen molar-refractivity contribution in [2.24, 2.45) is 0 Å². The van der Waals surface area contributed by atoms with E-state index >= 15 is 0 Å². The minimum absolute atomic E-state index is 0.252. The number of hydrogen-bond donors (Lipinski definition) is 2. The van der Waals surface area contributed by atoms with Crippen LogP contribution in [0.5, 0.6) is 0 Å². The van der Waals surface area contributed by atoms with E-state index < -0.39 is 0 Å². The Balaban J connectivity index is 1.66. The van der Waals surface area contributed by atoms with E-state index in [9.17, 15) is 9.59 Å². The molecule has 0 bridgehead atoms. The van der Waals surface area contributed by atoms with Crippen LogP contribution >= 0.6 is 0 Å². The zero-order valence-corrected chi connectivity index (χ0v) is 12.3. The maximum Gasteiger partial charge on any atom is 0.233 e. The van der Waals surface area contributed by atoms with Gasteiger partial charge in [0.1, 0.15) is 6.42 Å². The third-order valence-electron chi connectivity index (χ3n) is 3.29. The van der Waals surface area contributed by atoms with Gasteiger partial charge in [0.2, 0.25) is 11.8 Å². The minimum atomic E-state index is -0.378. The standard InChI is InChI=1S/C18H15N3O2/c22-16(20-14-8-2-1-3-9-14)12-17(23)21-15-10-4-6-13-7-5-11-19-18(13)15/h1-11H,12H2,(H,20,22)(H,21,23). The molecular formula is C18H15N3O2. The van der Waals surface area contributed by atoms with Gasteiger partial charge in [-0.15, -0.1) is 0 Å². The predicted octanol–water partition coefficient (Wildman–Crippen LogP) is 3.20. The second kappa shape index (κ2) is 6.70. The van der Waals surface area contributed by atoms with Crippen molar-refractivity contribution in [3.8, 4) is 0 Å². The number of amides is 2. The van der Waals surface area contributed by atoms with Crippen molar-refractivity contribution in [1.82, 2.24) is 4.98 Å². The Kier molecular flexibility index (Phi) is 4.29. The molecule has 0 fully saturated rings. The molecule has 2 amide bonds. The molecule has 0 aliphatic heterocycles. The van der Waals surface area contributed by atoms with Gasteiger partial charge in [-0.3, -0.25) is 14.6 Å². The Morgan fingerprint density at radius 1 is 0.826 bits per heavy atom. The van der Waals surface area contributed by atoms with Crippen LogP contribution < -0.4 is 10.6 Å². The molecule has 3 aromatic rings. The van der Waals surface area contributed by atoms with E-state index in [1.165, 1.54) is 0 Å². The molecule has 2 aromatic carbocycles. The second-order valence-electron chi connectivity index (χ2n) is 5.02. The van der Waals surface area contributed by atoms with Crippen LogP contribution in [-0.4, -0.2) is 16.8 Å². The molecule has 5 heteroatoms. The van der Waals surface area contributed by atoms with E-state index in [-0.39, 0.29) is 18.2 Å². The van der Waals surface area contributed by atoms with E-state index in [0.29, 0.717) is 16.9 Å². The van der Waals surface area contributed by atoms with E-state index in [4.69, 9.17) is 0 Å². The van der Waals surface area contributed by atoms with Crippen LogP contribution in [0.3, 0.4) is 0 Å². The summed E-state index contributed by atoms with van der Waals surface area (Å²) in [5, 5.41) is 6.35. The number of rotatable bonds is 4. The average molecular weight is 305 g/mol. The zero-order valence-electron chi connectivity index (χ0n) is 12.3. The van der Waals surface area contributed by atoms with Gasteiger partial charge < -0.3 is 10.6 Å². The number of para-hydroxylation sites is 2. The lowest BCUT2D eigenvalue weighted by Crippen LogP contribution is -2.21. The van der Waals surface area contributed by atoms with Crippen LogP contribution in [0.25, 0.3) is 10.9 Å². The number of nitrogens with zero attached hydrogens (tertiary/aromatic N) is 1. The molecule has 1 heterocycles. The molecule has 1 aromatic heterocycles. The van der Waals surface area contributed by atoms with Crippen molar-refractivity contribution < 1.29 is 9.59 Å². The number of hydrogen-bond acceptors (Lipinski definition) is 3. The van der Waals surface area contributed by atoms with E-state index in [0.717, 1.165) is 5.39 Å². The third-order valence-corrected chi connectivity index (χ3v) is 3.29. The summed E-state index contributed by atoms with van der Waals surface area (Å²) in [4.78, 5) is 28.2. The maximum absolute atomic E-state index is 12.1. The number of pyridine rings is 1. The molecule has 0 aliphatic rings. The fraction of sp³-hybridized carbons (Fsp3) is 0.0556. The Hall–Kier alpha value is -3.21. The number of benzene rings is 2. The van der Waals surface area contributed by atoms with Gasteiger partial charge >= 0.3 is 0 Å². The molecule has 0 aliphatic carbocycles. The zero-order chi connectivity index (χ0) is 16.1. The van der Waals surface area contributed by atoms with Crippen molar-refractivity contribution in [2.75, 3.05) is 10.6 Å². The van der Waals surface area contributed by atoms with Crippen molar-refractivity contribution in [3.63, 3.8) is 0 Å². The van der Waals surface area contributed by atoms with E-state index in [2.05, 4.69) is 15.6 Å². The average Bonchev–Trinajstić information content (AvgIpc) is 2.56. The lowest BCUT2D eigenvalue weighted by atomic mass is 10.2. The fourth-order valence-electron chi connectivity index (χ4n) is 2.27. The van der Waals surface area contributed by atoms with Gasteiger partial charge in [-0.1, -0.05) is 36.4 Å². The van der Waals surface area contributed by atoms with Gasteiger partial charge in [0, 0.05) is 17.3 Å². The first-order valence-electron chi connectivity index (χ1n) is 7.21. The van der Waals surface area contributed by atoms with Gasteiger partial charge in [0.05, 0.1) is 11.2 Å². The smallest absolute Gasteiger partial charge is 0.233 e. The highest BCUT2D eigenvalue weighted by molar-refractivity contribution is 6.10. The monoisotopic (exact) mass is 305 g/mol. The summed E-state index contributed by atoms with van der Waals surface area (Å²) in [6.07, 6.45) is 1.41. The normalized spacial score (nSPS) is 10.3. The Bertz CT molecular complexity index is 842. The number of carbonyl (C=O) groups is 2. The van der Waals surface area contributed by atoms with Crippen molar-refractivity contribution in [3.05, 3.63) is 66.9 Å². The van der Waals surface area contributed by atoms with E-state index in [1.807, 2.05) is 42.5 Å². The molecule has 0 atom stereocenters. The van der Waals surface area contributed by atoms with Gasteiger partial charge in [-0.25, -0.2) is 0 Å². The molecule has 0 saturated heterocycles. The van der Waals surface area contributed by atoms with Crippen LogP contribution in [0.4, 0.5) is 11.4 Å². The molecule has 0 spiro atoms. The summed E-state index contributed by atoms with van der Waals surface area (Å²) in [6, 6.07) is 18.3. The summed E-state index contributed by atoms with van der Waals surface area (Å²) in [5.41, 5.74) is 1.96. The molecule has 5 nitrogen and oxygen atoms in total. The fourth-order valence-corrected chi connectivity index (χ4v) is 2.27. The molecule has 114 valence electrons. The number of fused-ring (bicyclic) bond motifs is 1. The van der Waals surface area contributed by atoms with Crippen LogP contribution in [0, 0.1) is 0 Å². The number of aromatic nitrogens is 1. The largest absolute Gasteiger partial charge is 0.326 e. The summed E-state index contributed by atoms with van der Waals surface area (Å²) >= 11 is 0. The van der Waals surface area contributed by atoms with Crippen molar-refractivity contribution in [1.29, 1.82) is 0 Å². The van der Waals surface area contributed by atoms with Crippen molar-refractivity contribution >= 4 is 34.1 Å². The minimum Gasteiger partial charge on any atom is -0.326 e. The highest BCUT2D eigenvalue weighted by Crippen LogP contribution is 2.20. The molecule has 3 rings (SSSR count). The molecule has 2 N–H and O–H groups in total. The predicted molar refractivity (Wildman–Crippen MR) is 90.1 cm³/mol. The summed E-state index contributed by atoms with van der Waals surface area (Å²) in [5.74, 6) is -0.738. The van der Waals surface area contributed by atoms with Gasteiger partial charge in [-0.2, -0.15) is 0 Å². The topological polar surface area (TPSA) is 71.1 Å². The van der Waals surface area contributed by atoms with Crippen LogP contribution in [0.2, 0.25) is 0 Å². The third kappa shape index (κ3) is 3.71. The first-order valence-corrected chi connectivity index (χ1v) is 7.21. The number of nitrogens with one attached hydrogen (secondary N) is 2. The summed E-state index contributed by atoms with van der Waals surface area (Å²) < 4.78 is 0. The SMILES string of the molecule is O=C(CC(=O)Nc1cccc2cccnc12)Nc1ccccc1. The first-order chi connectivity index (χ1) is 11.2. The molecule has 0 unspecified atom stereocenters. The lowest BCUT2D eigenvalue weighted by Gasteiger charge is -2.08.